The minimum absolute atomic E-state index is 0. The fourth-order valence-electron chi connectivity index (χ4n) is 0.641. The van der Waals surface area contributed by atoms with Gasteiger partial charge in [-0.3, -0.25) is 0 Å². The zero-order valence-corrected chi connectivity index (χ0v) is 27.0. The summed E-state index contributed by atoms with van der Waals surface area (Å²) in [6, 6.07) is 0. The summed E-state index contributed by atoms with van der Waals surface area (Å²) < 4.78 is 328. The number of hydrogen-bond acceptors (Lipinski definition) is 12. The van der Waals surface area contributed by atoms with Gasteiger partial charge in [-0.25, -0.2) is 50.5 Å². The van der Waals surface area contributed by atoms with E-state index >= 15 is 0 Å². The van der Waals surface area contributed by atoms with Gasteiger partial charge in [0.05, 0.1) is 0 Å². The summed E-state index contributed by atoms with van der Waals surface area (Å²) in [5, 5.41) is 0. The van der Waals surface area contributed by atoms with Crippen LogP contribution in [0.4, 0.5) is 79.0 Å². The first-order valence-corrected chi connectivity index (χ1v) is 16.4. The van der Waals surface area contributed by atoms with Crippen molar-refractivity contribution in [3.63, 3.8) is 0 Å². The smallest absolute Gasteiger partial charge is 0.421 e. The van der Waals surface area contributed by atoms with Crippen LogP contribution in [0.1, 0.15) is 0 Å². The molecule has 0 aromatic carbocycles. The van der Waals surface area contributed by atoms with Gasteiger partial charge in [-0.2, -0.15) is 79.0 Å². The number of sulfonamides is 6. The molecule has 0 rings (SSSR count). The molecule has 0 aromatic rings. The molecule has 0 saturated heterocycles. The summed E-state index contributed by atoms with van der Waals surface area (Å²) in [5.41, 5.74) is -37.2. The van der Waals surface area contributed by atoms with Crippen molar-refractivity contribution in [2.24, 2.45) is 0 Å². The van der Waals surface area contributed by atoms with Gasteiger partial charge in [0, 0.05) is 0 Å². The second kappa shape index (κ2) is 15.3. The van der Waals surface area contributed by atoms with Crippen LogP contribution >= 0.6 is 0 Å². The molecular formula is C6CeF18N3O12S6. The zero-order valence-electron chi connectivity index (χ0n) is 19.0. The van der Waals surface area contributed by atoms with E-state index in [1.807, 2.05) is 0 Å². The van der Waals surface area contributed by atoms with Gasteiger partial charge in [-0.05, 0) is 0 Å². The molecule has 0 aliphatic rings. The van der Waals surface area contributed by atoms with E-state index in [0.29, 0.717) is 0 Å². The molecule has 0 aliphatic carbocycles. The van der Waals surface area contributed by atoms with Crippen molar-refractivity contribution >= 4 is 60.1 Å². The van der Waals surface area contributed by atoms with Crippen LogP contribution in [0.2, 0.25) is 0 Å². The third-order valence-electron chi connectivity index (χ3n) is 2.34. The number of rotatable bonds is 6. The van der Waals surface area contributed by atoms with Gasteiger partial charge in [0.2, 0.25) is 0 Å². The van der Waals surface area contributed by atoms with Gasteiger partial charge < -0.3 is 12.4 Å². The monoisotopic (exact) mass is 980 g/mol. The summed E-state index contributed by atoms with van der Waals surface area (Å²) in [6.07, 6.45) is 0. The van der Waals surface area contributed by atoms with Crippen molar-refractivity contribution in [3.8, 4) is 0 Å². The maximum Gasteiger partial charge on any atom is 3.00 e. The van der Waals surface area contributed by atoms with Crippen molar-refractivity contribution in [1.82, 2.24) is 0 Å². The van der Waals surface area contributed by atoms with Crippen LogP contribution in [0.5, 0.6) is 0 Å². The first kappa shape index (κ1) is 52.5. The van der Waals surface area contributed by atoms with Crippen molar-refractivity contribution in [2.75, 3.05) is 0 Å². The van der Waals surface area contributed by atoms with Crippen LogP contribution in [0.15, 0.2) is 0 Å². The third kappa shape index (κ3) is 15.5. The Labute approximate surface area is 275 Å². The van der Waals surface area contributed by atoms with Crippen molar-refractivity contribution < 1.29 is 171 Å². The standard InChI is InChI=1S/3C2F6NO4S2.Ce/c3*3-1(4,5)14(10,11)9-15(12,13)2(6,7)8;/q3*-1;+3. The molecule has 40 heteroatoms. The quantitative estimate of drug-likeness (QED) is 0.349. The Bertz CT molecular complexity index is 1370. The van der Waals surface area contributed by atoms with E-state index in [-0.39, 0.29) is 41.7 Å². The summed E-state index contributed by atoms with van der Waals surface area (Å²) >= 11 is 0. The summed E-state index contributed by atoms with van der Waals surface area (Å²) in [6.45, 7) is 0. The minimum atomic E-state index is -6.72. The van der Waals surface area contributed by atoms with Gasteiger partial charge >= 0.3 is 74.8 Å². The molecule has 46 heavy (non-hydrogen) atoms. The largest absolute Gasteiger partial charge is 3.00 e. The summed E-state index contributed by atoms with van der Waals surface area (Å²) in [4.78, 5) is 0. The maximum absolute atomic E-state index is 11.4. The predicted molar refractivity (Wildman–Crippen MR) is 99.9 cm³/mol. The van der Waals surface area contributed by atoms with E-state index in [0.717, 1.165) is 12.4 Å². The average molecular weight is 981 g/mol. The third-order valence-corrected chi connectivity index (χ3v) is 10.6. The molecule has 277 valence electrons. The fourth-order valence-corrected chi connectivity index (χ4v) is 5.77. The minimum Gasteiger partial charge on any atom is -0.421 e. The molecule has 0 heterocycles. The number of hydrogen-bond donors (Lipinski definition) is 0. The van der Waals surface area contributed by atoms with Gasteiger partial charge in [0.15, 0.2) is 60.1 Å². The van der Waals surface area contributed by atoms with Crippen molar-refractivity contribution in [3.05, 3.63) is 12.4 Å². The normalized spacial score (nSPS) is 15.0. The molecule has 0 unspecified atom stereocenters. The SMILES string of the molecule is O=S(=O)([N-]S(=O)(=O)C(F)(F)F)C(F)(F)F.O=S(=O)([N-]S(=O)(=O)C(F)(F)F)C(F)(F)F.O=S(=O)([N-]S(=O)(=O)C(F)(F)F)C(F)(F)F.[Ce+3]. The van der Waals surface area contributed by atoms with Crippen LogP contribution in [0.3, 0.4) is 0 Å². The van der Waals surface area contributed by atoms with Crippen molar-refractivity contribution in [1.29, 1.82) is 0 Å². The molecule has 0 N–H and O–H groups in total. The zero-order chi connectivity index (χ0) is 38.1. The molecule has 0 spiro atoms. The molecule has 0 saturated carbocycles. The van der Waals surface area contributed by atoms with Crippen LogP contribution in [0, 0.1) is 41.7 Å². The van der Waals surface area contributed by atoms with E-state index in [2.05, 4.69) is 0 Å². The van der Waals surface area contributed by atoms with Gasteiger partial charge in [0.1, 0.15) is 0 Å². The van der Waals surface area contributed by atoms with Crippen LogP contribution in [-0.4, -0.2) is 83.6 Å². The van der Waals surface area contributed by atoms with Gasteiger partial charge in [-0.15, -0.1) is 0 Å². The number of halogens is 18. The van der Waals surface area contributed by atoms with E-state index in [9.17, 15) is 130 Å². The second-order valence-electron chi connectivity index (χ2n) is 5.75. The fraction of sp³-hybridized carbons (Fsp3) is 1.00. The molecule has 0 aliphatic heterocycles. The summed E-state index contributed by atoms with van der Waals surface area (Å²) in [5.74, 6) is 0. The molecule has 1 radical (unpaired) electrons. The van der Waals surface area contributed by atoms with E-state index < -0.39 is 93.2 Å². The van der Waals surface area contributed by atoms with Crippen molar-refractivity contribution in [2.45, 2.75) is 33.0 Å². The van der Waals surface area contributed by atoms with Crippen LogP contribution < -0.4 is 0 Å². The topological polar surface area (TPSA) is 247 Å². The molecule has 0 bridgehead atoms. The van der Waals surface area contributed by atoms with E-state index in [1.54, 1.807) is 0 Å². The van der Waals surface area contributed by atoms with Gasteiger partial charge in [0.25, 0.3) is 0 Å². The molecule has 15 nitrogen and oxygen atoms in total. The van der Waals surface area contributed by atoms with E-state index in [4.69, 9.17) is 0 Å². The number of nitrogens with zero attached hydrogens (tertiary/aromatic N) is 3. The Kier molecular flexibility index (Phi) is 17.5. The molecule has 0 fully saturated rings. The molecule has 0 atom stereocenters. The van der Waals surface area contributed by atoms with Crippen LogP contribution in [0.25, 0.3) is 12.4 Å². The number of alkyl halides is 18. The Morgan fingerprint density at radius 3 is 0.348 bits per heavy atom. The Hall–Kier alpha value is -0.303. The maximum atomic E-state index is 11.4. The Morgan fingerprint density at radius 2 is 0.304 bits per heavy atom. The first-order chi connectivity index (χ1) is 18.6. The Morgan fingerprint density at radius 1 is 0.239 bits per heavy atom. The second-order valence-corrected chi connectivity index (χ2v) is 16.0. The first-order valence-electron chi connectivity index (χ1n) is 7.72. The molecule has 0 amide bonds. The molecular weight excluding hydrogens is 981 g/mol. The molecule has 0 aromatic heterocycles. The predicted octanol–water partition coefficient (Wildman–Crippen LogP) is 3.18. The van der Waals surface area contributed by atoms with Crippen LogP contribution in [-0.2, 0) is 60.1 Å². The Balaban J connectivity index is -0.000000285. The van der Waals surface area contributed by atoms with Gasteiger partial charge in [-0.1, -0.05) is 0 Å². The summed E-state index contributed by atoms with van der Waals surface area (Å²) in [7, 11) is -40.3. The van der Waals surface area contributed by atoms with E-state index in [1.165, 1.54) is 0 Å². The average Bonchev–Trinajstić information content (AvgIpc) is 2.61.